The first-order chi connectivity index (χ1) is 9.33. The summed E-state index contributed by atoms with van der Waals surface area (Å²) >= 11 is 0. The number of piperidine rings is 1. The molecule has 2 aliphatic rings. The van der Waals surface area contributed by atoms with Crippen molar-refractivity contribution in [3.8, 4) is 0 Å². The summed E-state index contributed by atoms with van der Waals surface area (Å²) in [5.74, 6) is 0.236. The standard InChI is InChI=1S/C16H20N2O/c19-16-12-14(18-9-5-2-6-10-18)11-15(16)17-13-7-3-1-4-8-13/h1,3-4,7-8,11,14,17H,2,5-6,9-10,12H2. The summed E-state index contributed by atoms with van der Waals surface area (Å²) in [7, 11) is 0. The van der Waals surface area contributed by atoms with Crippen molar-refractivity contribution in [1.29, 1.82) is 0 Å². The molecule has 0 radical (unpaired) electrons. The Kier molecular flexibility index (Phi) is 3.65. The summed E-state index contributed by atoms with van der Waals surface area (Å²) in [5.41, 5.74) is 1.75. The van der Waals surface area contributed by atoms with Gasteiger partial charge in [0, 0.05) is 18.2 Å². The van der Waals surface area contributed by atoms with E-state index >= 15 is 0 Å². The fourth-order valence-electron chi connectivity index (χ4n) is 2.92. The van der Waals surface area contributed by atoms with Crippen molar-refractivity contribution < 1.29 is 4.79 Å². The van der Waals surface area contributed by atoms with Crippen LogP contribution in [0.3, 0.4) is 0 Å². The lowest BCUT2D eigenvalue weighted by molar-refractivity contribution is -0.115. The van der Waals surface area contributed by atoms with Gasteiger partial charge in [-0.3, -0.25) is 9.69 Å². The fraction of sp³-hybridized carbons (Fsp3) is 0.438. The molecule has 1 aromatic carbocycles. The van der Waals surface area contributed by atoms with E-state index in [-0.39, 0.29) is 5.78 Å². The van der Waals surface area contributed by atoms with Crippen LogP contribution in [-0.4, -0.2) is 29.8 Å². The van der Waals surface area contributed by atoms with Gasteiger partial charge >= 0.3 is 0 Å². The van der Waals surface area contributed by atoms with Gasteiger partial charge < -0.3 is 5.32 Å². The van der Waals surface area contributed by atoms with Crippen LogP contribution in [0.2, 0.25) is 0 Å². The molecule has 3 nitrogen and oxygen atoms in total. The number of allylic oxidation sites excluding steroid dienone is 1. The van der Waals surface area contributed by atoms with E-state index in [0.717, 1.165) is 24.5 Å². The number of hydrogen-bond acceptors (Lipinski definition) is 3. The van der Waals surface area contributed by atoms with E-state index in [1.807, 2.05) is 30.3 Å². The van der Waals surface area contributed by atoms with Crippen molar-refractivity contribution in [2.24, 2.45) is 0 Å². The minimum Gasteiger partial charge on any atom is -0.353 e. The third-order valence-electron chi connectivity index (χ3n) is 3.97. The lowest BCUT2D eigenvalue weighted by Crippen LogP contribution is -2.37. The lowest BCUT2D eigenvalue weighted by Gasteiger charge is -2.30. The Bertz CT molecular complexity index is 475. The molecule has 100 valence electrons. The van der Waals surface area contributed by atoms with Gasteiger partial charge in [0.1, 0.15) is 0 Å². The molecule has 3 rings (SSSR count). The van der Waals surface area contributed by atoms with Crippen LogP contribution in [0, 0.1) is 0 Å². The van der Waals surface area contributed by atoms with Gasteiger partial charge in [-0.25, -0.2) is 0 Å². The normalized spacial score (nSPS) is 24.3. The number of carbonyl (C=O) groups is 1. The number of anilines is 1. The van der Waals surface area contributed by atoms with Gasteiger partial charge in [0.15, 0.2) is 5.78 Å². The molecule has 1 heterocycles. The molecule has 19 heavy (non-hydrogen) atoms. The zero-order valence-corrected chi connectivity index (χ0v) is 11.1. The van der Waals surface area contributed by atoms with Crippen LogP contribution in [0.5, 0.6) is 0 Å². The Balaban J connectivity index is 1.69. The molecular weight excluding hydrogens is 236 g/mol. The molecule has 1 N–H and O–H groups in total. The topological polar surface area (TPSA) is 32.3 Å². The molecule has 0 aromatic heterocycles. The van der Waals surface area contributed by atoms with Crippen molar-refractivity contribution in [3.05, 3.63) is 42.1 Å². The lowest BCUT2D eigenvalue weighted by atomic mass is 10.1. The second kappa shape index (κ2) is 5.57. The van der Waals surface area contributed by atoms with Gasteiger partial charge in [0.05, 0.1) is 5.70 Å². The monoisotopic (exact) mass is 256 g/mol. The molecule has 0 bridgehead atoms. The summed E-state index contributed by atoms with van der Waals surface area (Å²) in [5, 5.41) is 3.24. The Morgan fingerprint density at radius 1 is 1.05 bits per heavy atom. The Labute approximate surface area is 114 Å². The molecule has 1 unspecified atom stereocenters. The van der Waals surface area contributed by atoms with Crippen LogP contribution >= 0.6 is 0 Å². The van der Waals surface area contributed by atoms with Gasteiger partial charge in [-0.2, -0.15) is 0 Å². The van der Waals surface area contributed by atoms with Crippen LogP contribution in [0.25, 0.3) is 0 Å². The van der Waals surface area contributed by atoms with Crippen molar-refractivity contribution in [2.45, 2.75) is 31.7 Å². The molecule has 1 aliphatic heterocycles. The van der Waals surface area contributed by atoms with Gasteiger partial charge in [-0.1, -0.05) is 24.6 Å². The van der Waals surface area contributed by atoms with E-state index in [1.165, 1.54) is 19.3 Å². The van der Waals surface area contributed by atoms with E-state index < -0.39 is 0 Å². The molecule has 0 saturated carbocycles. The highest BCUT2D eigenvalue weighted by Gasteiger charge is 2.29. The van der Waals surface area contributed by atoms with Gasteiger partial charge in [0.25, 0.3) is 0 Å². The summed E-state index contributed by atoms with van der Waals surface area (Å²) in [6, 6.07) is 10.2. The second-order valence-corrected chi connectivity index (χ2v) is 5.36. The maximum absolute atomic E-state index is 12.1. The third kappa shape index (κ3) is 2.87. The highest BCUT2D eigenvalue weighted by molar-refractivity contribution is 6.01. The number of ketones is 1. The van der Waals surface area contributed by atoms with Crippen LogP contribution in [0.1, 0.15) is 25.7 Å². The SMILES string of the molecule is O=C1CC(N2CCCCC2)C=C1Nc1ccccc1. The number of likely N-dealkylation sites (tertiary alicyclic amines) is 1. The van der Waals surface area contributed by atoms with Crippen molar-refractivity contribution in [1.82, 2.24) is 4.90 Å². The first kappa shape index (κ1) is 12.4. The van der Waals surface area contributed by atoms with Gasteiger partial charge in [0.2, 0.25) is 0 Å². The minimum absolute atomic E-state index is 0.236. The maximum atomic E-state index is 12.1. The van der Waals surface area contributed by atoms with E-state index in [0.29, 0.717) is 12.5 Å². The molecule has 1 saturated heterocycles. The van der Waals surface area contributed by atoms with E-state index in [2.05, 4.69) is 16.3 Å². The second-order valence-electron chi connectivity index (χ2n) is 5.36. The molecule has 1 atom stereocenters. The number of benzene rings is 1. The van der Waals surface area contributed by atoms with Crippen LogP contribution in [-0.2, 0) is 4.79 Å². The number of Topliss-reactive ketones (excluding diaryl/α,β-unsaturated/α-hetero) is 1. The molecule has 1 aromatic rings. The van der Waals surface area contributed by atoms with Crippen molar-refractivity contribution in [3.63, 3.8) is 0 Å². The van der Waals surface area contributed by atoms with Gasteiger partial charge in [-0.05, 0) is 44.1 Å². The predicted octanol–water partition coefficient (Wildman–Crippen LogP) is 2.81. The Morgan fingerprint density at radius 3 is 2.53 bits per heavy atom. The maximum Gasteiger partial charge on any atom is 0.180 e. The zero-order valence-electron chi connectivity index (χ0n) is 11.1. The largest absolute Gasteiger partial charge is 0.353 e. The Morgan fingerprint density at radius 2 is 1.79 bits per heavy atom. The van der Waals surface area contributed by atoms with Crippen molar-refractivity contribution >= 4 is 11.5 Å². The minimum atomic E-state index is 0.236. The number of nitrogens with one attached hydrogen (secondary N) is 1. The first-order valence-corrected chi connectivity index (χ1v) is 7.14. The quantitative estimate of drug-likeness (QED) is 0.902. The van der Waals surface area contributed by atoms with E-state index in [1.54, 1.807) is 0 Å². The van der Waals surface area contributed by atoms with Crippen LogP contribution in [0.4, 0.5) is 5.69 Å². The third-order valence-corrected chi connectivity index (χ3v) is 3.97. The van der Waals surface area contributed by atoms with Gasteiger partial charge in [-0.15, -0.1) is 0 Å². The predicted molar refractivity (Wildman–Crippen MR) is 77.0 cm³/mol. The Hall–Kier alpha value is -1.61. The first-order valence-electron chi connectivity index (χ1n) is 7.14. The molecule has 3 heteroatoms. The summed E-state index contributed by atoms with van der Waals surface area (Å²) in [6.45, 7) is 2.26. The molecular formula is C16H20N2O. The van der Waals surface area contributed by atoms with Crippen LogP contribution in [0.15, 0.2) is 42.1 Å². The number of carbonyl (C=O) groups excluding carboxylic acids is 1. The van der Waals surface area contributed by atoms with E-state index in [4.69, 9.17) is 0 Å². The van der Waals surface area contributed by atoms with E-state index in [9.17, 15) is 4.79 Å². The fourth-order valence-corrected chi connectivity index (χ4v) is 2.92. The zero-order chi connectivity index (χ0) is 13.1. The molecule has 0 spiro atoms. The number of nitrogens with zero attached hydrogens (tertiary/aromatic N) is 1. The molecule has 1 aliphatic carbocycles. The average Bonchev–Trinajstić information content (AvgIpc) is 2.82. The average molecular weight is 256 g/mol. The highest BCUT2D eigenvalue weighted by atomic mass is 16.1. The molecule has 1 fully saturated rings. The number of rotatable bonds is 3. The summed E-state index contributed by atoms with van der Waals surface area (Å²) < 4.78 is 0. The highest BCUT2D eigenvalue weighted by Crippen LogP contribution is 2.24. The summed E-state index contributed by atoms with van der Waals surface area (Å²) in [6.07, 6.45) is 6.60. The molecule has 0 amide bonds. The smallest absolute Gasteiger partial charge is 0.180 e. The number of para-hydroxylation sites is 1. The summed E-state index contributed by atoms with van der Waals surface area (Å²) in [4.78, 5) is 14.5. The number of hydrogen-bond donors (Lipinski definition) is 1. The van der Waals surface area contributed by atoms with Crippen LogP contribution < -0.4 is 5.32 Å². The van der Waals surface area contributed by atoms with Crippen molar-refractivity contribution in [2.75, 3.05) is 18.4 Å².